The van der Waals surface area contributed by atoms with Gasteiger partial charge in [-0.1, -0.05) is 11.6 Å². The van der Waals surface area contributed by atoms with E-state index in [4.69, 9.17) is 9.52 Å². The Hall–Kier alpha value is -2.30. The summed E-state index contributed by atoms with van der Waals surface area (Å²) in [5.41, 5.74) is 2.79. The molecule has 1 aromatic heterocycles. The van der Waals surface area contributed by atoms with Crippen molar-refractivity contribution in [1.29, 1.82) is 0 Å². The molecular formula is C14H14N2O3. The Morgan fingerprint density at radius 3 is 3.00 bits per heavy atom. The summed E-state index contributed by atoms with van der Waals surface area (Å²) in [6.07, 6.45) is 3.15. The molecule has 0 fully saturated rings. The van der Waals surface area contributed by atoms with E-state index in [1.165, 1.54) is 17.7 Å². The Labute approximate surface area is 110 Å². The molecule has 2 heterocycles. The average molecular weight is 258 g/mol. The molecule has 0 atom stereocenters. The molecule has 2 aromatic rings. The molecule has 0 amide bonds. The number of carboxylic acid groups (broad SMARTS) is 1. The number of benzene rings is 1. The first kappa shape index (κ1) is 11.8. The minimum absolute atomic E-state index is 0.213. The van der Waals surface area contributed by atoms with Crippen LogP contribution in [-0.4, -0.2) is 29.1 Å². The SMILES string of the molecule is CC1=CCN(c2nc3ccc(C(=O)O)cc3o2)CC1. The van der Waals surface area contributed by atoms with Crippen molar-refractivity contribution < 1.29 is 14.3 Å². The van der Waals surface area contributed by atoms with Crippen molar-refractivity contribution in [2.75, 3.05) is 18.0 Å². The molecule has 5 nitrogen and oxygen atoms in total. The molecule has 0 radical (unpaired) electrons. The van der Waals surface area contributed by atoms with Gasteiger partial charge >= 0.3 is 5.97 Å². The van der Waals surface area contributed by atoms with Crippen molar-refractivity contribution in [3.05, 3.63) is 35.4 Å². The third kappa shape index (κ3) is 2.19. The van der Waals surface area contributed by atoms with E-state index in [1.807, 2.05) is 4.90 Å². The Morgan fingerprint density at radius 1 is 1.47 bits per heavy atom. The summed E-state index contributed by atoms with van der Waals surface area (Å²) in [6.45, 7) is 3.77. The maximum Gasteiger partial charge on any atom is 0.335 e. The maximum atomic E-state index is 10.9. The number of hydrogen-bond acceptors (Lipinski definition) is 4. The van der Waals surface area contributed by atoms with E-state index < -0.39 is 5.97 Å². The van der Waals surface area contributed by atoms with Gasteiger partial charge in [-0.2, -0.15) is 4.98 Å². The van der Waals surface area contributed by atoms with Crippen LogP contribution in [-0.2, 0) is 0 Å². The highest BCUT2D eigenvalue weighted by Crippen LogP contribution is 2.25. The van der Waals surface area contributed by atoms with E-state index in [9.17, 15) is 4.79 Å². The van der Waals surface area contributed by atoms with Crippen LogP contribution in [0.5, 0.6) is 0 Å². The van der Waals surface area contributed by atoms with Crippen molar-refractivity contribution in [3.8, 4) is 0 Å². The summed E-state index contributed by atoms with van der Waals surface area (Å²) in [5, 5.41) is 8.95. The highest BCUT2D eigenvalue weighted by Gasteiger charge is 2.16. The molecule has 0 saturated heterocycles. The van der Waals surface area contributed by atoms with E-state index in [0.29, 0.717) is 17.1 Å². The molecule has 1 aliphatic heterocycles. The maximum absolute atomic E-state index is 10.9. The van der Waals surface area contributed by atoms with Gasteiger partial charge in [-0.3, -0.25) is 0 Å². The van der Waals surface area contributed by atoms with Crippen molar-refractivity contribution in [2.24, 2.45) is 0 Å². The van der Waals surface area contributed by atoms with Crippen molar-refractivity contribution in [1.82, 2.24) is 4.98 Å². The summed E-state index contributed by atoms with van der Waals surface area (Å²) in [4.78, 5) is 17.4. The number of hydrogen-bond donors (Lipinski definition) is 1. The van der Waals surface area contributed by atoms with Gasteiger partial charge in [0, 0.05) is 13.1 Å². The molecule has 5 heteroatoms. The molecule has 0 saturated carbocycles. The summed E-state index contributed by atoms with van der Waals surface area (Å²) in [6, 6.07) is 5.29. The Kier molecular flexibility index (Phi) is 2.74. The van der Waals surface area contributed by atoms with E-state index in [0.717, 1.165) is 19.5 Å². The quantitative estimate of drug-likeness (QED) is 0.839. The molecule has 0 aliphatic carbocycles. The lowest BCUT2D eigenvalue weighted by atomic mass is 10.1. The zero-order chi connectivity index (χ0) is 13.4. The number of nitrogens with zero attached hydrogens (tertiary/aromatic N) is 2. The molecule has 1 aliphatic rings. The van der Waals surface area contributed by atoms with Gasteiger partial charge in [-0.05, 0) is 31.5 Å². The van der Waals surface area contributed by atoms with Crippen LogP contribution in [0.25, 0.3) is 11.1 Å². The fraction of sp³-hybridized carbons (Fsp3) is 0.286. The van der Waals surface area contributed by atoms with Crippen LogP contribution in [0, 0.1) is 0 Å². The van der Waals surface area contributed by atoms with Crippen LogP contribution in [0.4, 0.5) is 6.01 Å². The van der Waals surface area contributed by atoms with E-state index in [2.05, 4.69) is 18.0 Å². The van der Waals surface area contributed by atoms with Crippen molar-refractivity contribution >= 4 is 23.1 Å². The third-order valence-corrected chi connectivity index (χ3v) is 3.33. The van der Waals surface area contributed by atoms with Gasteiger partial charge in [0.25, 0.3) is 6.01 Å². The average Bonchev–Trinajstić information content (AvgIpc) is 2.82. The molecule has 1 aromatic carbocycles. The smallest absolute Gasteiger partial charge is 0.335 e. The number of anilines is 1. The standard InChI is InChI=1S/C14H14N2O3/c1-9-4-6-16(7-5-9)14-15-11-3-2-10(13(17)18)8-12(11)19-14/h2-4,8H,5-7H2,1H3,(H,17,18). The highest BCUT2D eigenvalue weighted by atomic mass is 16.4. The van der Waals surface area contributed by atoms with Gasteiger partial charge in [-0.25, -0.2) is 4.79 Å². The monoisotopic (exact) mass is 258 g/mol. The normalized spacial score (nSPS) is 15.6. The molecule has 0 bridgehead atoms. The predicted molar refractivity (Wildman–Crippen MR) is 71.6 cm³/mol. The van der Waals surface area contributed by atoms with Crippen LogP contribution in [0.2, 0.25) is 0 Å². The lowest BCUT2D eigenvalue weighted by Gasteiger charge is -2.23. The number of rotatable bonds is 2. The number of oxazole rings is 1. The predicted octanol–water partition coefficient (Wildman–Crippen LogP) is 2.68. The van der Waals surface area contributed by atoms with Crippen LogP contribution in [0.1, 0.15) is 23.7 Å². The van der Waals surface area contributed by atoms with Gasteiger partial charge in [0.15, 0.2) is 5.58 Å². The summed E-state index contributed by atoms with van der Waals surface area (Å²) in [7, 11) is 0. The first-order chi connectivity index (χ1) is 9.13. The van der Waals surface area contributed by atoms with Gasteiger partial charge in [0.05, 0.1) is 5.56 Å². The number of carbonyl (C=O) groups is 1. The first-order valence-electron chi connectivity index (χ1n) is 6.18. The Morgan fingerprint density at radius 2 is 2.32 bits per heavy atom. The zero-order valence-electron chi connectivity index (χ0n) is 10.6. The highest BCUT2D eigenvalue weighted by molar-refractivity contribution is 5.92. The summed E-state index contributed by atoms with van der Waals surface area (Å²) < 4.78 is 5.66. The number of fused-ring (bicyclic) bond motifs is 1. The topological polar surface area (TPSA) is 66.6 Å². The largest absolute Gasteiger partial charge is 0.478 e. The second kappa shape index (κ2) is 4.42. The Bertz CT molecular complexity index is 672. The minimum atomic E-state index is -0.962. The van der Waals surface area contributed by atoms with Gasteiger partial charge in [0.1, 0.15) is 5.52 Å². The van der Waals surface area contributed by atoms with Crippen molar-refractivity contribution in [3.63, 3.8) is 0 Å². The minimum Gasteiger partial charge on any atom is -0.478 e. The lowest BCUT2D eigenvalue weighted by molar-refractivity contribution is 0.0697. The molecule has 98 valence electrons. The number of aromatic nitrogens is 1. The van der Waals surface area contributed by atoms with Crippen LogP contribution >= 0.6 is 0 Å². The van der Waals surface area contributed by atoms with Crippen molar-refractivity contribution in [2.45, 2.75) is 13.3 Å². The molecule has 3 rings (SSSR count). The van der Waals surface area contributed by atoms with Gasteiger partial charge < -0.3 is 14.4 Å². The fourth-order valence-corrected chi connectivity index (χ4v) is 2.13. The van der Waals surface area contributed by atoms with Crippen LogP contribution in [0.15, 0.2) is 34.3 Å². The van der Waals surface area contributed by atoms with Crippen LogP contribution < -0.4 is 4.90 Å². The van der Waals surface area contributed by atoms with E-state index in [1.54, 1.807) is 6.07 Å². The molecule has 0 unspecified atom stereocenters. The first-order valence-corrected chi connectivity index (χ1v) is 6.18. The fourth-order valence-electron chi connectivity index (χ4n) is 2.13. The molecule has 1 N–H and O–H groups in total. The molecule has 19 heavy (non-hydrogen) atoms. The summed E-state index contributed by atoms with van der Waals surface area (Å²) >= 11 is 0. The summed E-state index contributed by atoms with van der Waals surface area (Å²) in [5.74, 6) is -0.962. The lowest BCUT2D eigenvalue weighted by Crippen LogP contribution is -2.28. The van der Waals surface area contributed by atoms with E-state index in [-0.39, 0.29) is 5.56 Å². The molecular weight excluding hydrogens is 244 g/mol. The second-order valence-electron chi connectivity index (χ2n) is 4.73. The second-order valence-corrected chi connectivity index (χ2v) is 4.73. The Balaban J connectivity index is 1.95. The number of carboxylic acids is 1. The van der Waals surface area contributed by atoms with Crippen LogP contribution in [0.3, 0.4) is 0 Å². The van der Waals surface area contributed by atoms with E-state index >= 15 is 0 Å². The van der Waals surface area contributed by atoms with Gasteiger partial charge in [-0.15, -0.1) is 0 Å². The zero-order valence-corrected chi connectivity index (χ0v) is 10.6. The third-order valence-electron chi connectivity index (χ3n) is 3.33. The molecule has 0 spiro atoms. The van der Waals surface area contributed by atoms with Gasteiger partial charge in [0.2, 0.25) is 0 Å². The number of aromatic carboxylic acids is 1.